The Bertz CT molecular complexity index is 707. The summed E-state index contributed by atoms with van der Waals surface area (Å²) < 4.78 is 5.56. The average Bonchev–Trinajstić information content (AvgIpc) is 2.52. The Kier molecular flexibility index (Phi) is 4.49. The number of rotatable bonds is 5. The Morgan fingerprint density at radius 1 is 1.24 bits per heavy atom. The van der Waals surface area contributed by atoms with Crippen molar-refractivity contribution < 1.29 is 14.8 Å². The molecule has 2 aromatic carbocycles. The monoisotopic (exact) mass is 284 g/mol. The molecule has 2 aromatic rings. The first kappa shape index (κ1) is 14.5. The number of non-ortho nitro benzene ring substituents is 1. The molecule has 0 amide bonds. The van der Waals surface area contributed by atoms with Crippen LogP contribution < -0.4 is 4.74 Å². The van der Waals surface area contributed by atoms with Gasteiger partial charge < -0.3 is 9.84 Å². The maximum absolute atomic E-state index is 10.7. The van der Waals surface area contributed by atoms with E-state index >= 15 is 0 Å². The highest BCUT2D eigenvalue weighted by Gasteiger charge is 2.12. The number of nitriles is 1. The van der Waals surface area contributed by atoms with Crippen LogP contribution >= 0.6 is 0 Å². The second-order valence-electron chi connectivity index (χ2n) is 4.26. The van der Waals surface area contributed by atoms with E-state index in [1.54, 1.807) is 24.3 Å². The molecule has 0 aliphatic carbocycles. The van der Waals surface area contributed by atoms with Crippen LogP contribution in [0.4, 0.5) is 5.69 Å². The second kappa shape index (κ2) is 6.50. The summed E-state index contributed by atoms with van der Waals surface area (Å²) in [6.07, 6.45) is 0. The lowest BCUT2D eigenvalue weighted by Crippen LogP contribution is -2.01. The van der Waals surface area contributed by atoms with Crippen molar-refractivity contribution in [1.82, 2.24) is 0 Å². The maximum Gasteiger partial charge on any atom is 0.270 e. The normalized spacial score (nSPS) is 9.90. The number of benzene rings is 2. The molecule has 0 spiro atoms. The number of nitrogens with zero attached hydrogens (tertiary/aromatic N) is 2. The molecule has 0 unspecified atom stereocenters. The Morgan fingerprint density at radius 3 is 2.67 bits per heavy atom. The molecular weight excluding hydrogens is 272 g/mol. The zero-order chi connectivity index (χ0) is 15.2. The molecule has 0 aromatic heterocycles. The minimum atomic E-state index is -0.534. The van der Waals surface area contributed by atoms with Crippen molar-refractivity contribution in [3.63, 3.8) is 0 Å². The molecule has 6 nitrogen and oxygen atoms in total. The highest BCUT2D eigenvalue weighted by Crippen LogP contribution is 2.25. The minimum Gasteiger partial charge on any atom is -0.488 e. The molecule has 106 valence electrons. The van der Waals surface area contributed by atoms with Crippen molar-refractivity contribution in [2.24, 2.45) is 0 Å². The molecule has 0 fully saturated rings. The Labute approximate surface area is 121 Å². The van der Waals surface area contributed by atoms with Gasteiger partial charge in [-0.15, -0.1) is 0 Å². The Hall–Kier alpha value is -2.91. The summed E-state index contributed by atoms with van der Waals surface area (Å²) in [4.78, 5) is 10.2. The van der Waals surface area contributed by atoms with Crippen LogP contribution in [0.2, 0.25) is 0 Å². The largest absolute Gasteiger partial charge is 0.488 e. The predicted molar refractivity (Wildman–Crippen MR) is 74.5 cm³/mol. The lowest BCUT2D eigenvalue weighted by molar-refractivity contribution is -0.385. The fourth-order valence-corrected chi connectivity index (χ4v) is 1.85. The Morgan fingerprint density at radius 2 is 2.00 bits per heavy atom. The first-order valence-electron chi connectivity index (χ1n) is 6.14. The van der Waals surface area contributed by atoms with Gasteiger partial charge in [0.25, 0.3) is 5.69 Å². The standard InChI is InChI=1S/C15H12N2O4/c16-8-11-3-1-2-4-12(11)10-21-15-6-5-14(17(19)20)7-13(15)9-18/h1-7,18H,9-10H2. The van der Waals surface area contributed by atoms with Crippen LogP contribution in [0.5, 0.6) is 5.75 Å². The summed E-state index contributed by atoms with van der Waals surface area (Å²) in [5.74, 6) is 0.357. The van der Waals surface area contributed by atoms with E-state index in [-0.39, 0.29) is 18.9 Å². The number of ether oxygens (including phenoxy) is 1. The van der Waals surface area contributed by atoms with Gasteiger partial charge in [-0.05, 0) is 12.1 Å². The highest BCUT2D eigenvalue weighted by atomic mass is 16.6. The molecule has 0 bridgehead atoms. The smallest absolute Gasteiger partial charge is 0.270 e. The maximum atomic E-state index is 10.7. The lowest BCUT2D eigenvalue weighted by Gasteiger charge is -2.10. The molecule has 0 atom stereocenters. The van der Waals surface area contributed by atoms with Gasteiger partial charge >= 0.3 is 0 Å². The molecule has 21 heavy (non-hydrogen) atoms. The molecule has 2 rings (SSSR count). The van der Waals surface area contributed by atoms with E-state index in [9.17, 15) is 15.2 Å². The first-order chi connectivity index (χ1) is 10.2. The molecule has 0 radical (unpaired) electrons. The van der Waals surface area contributed by atoms with E-state index in [1.165, 1.54) is 18.2 Å². The van der Waals surface area contributed by atoms with E-state index in [0.717, 1.165) is 0 Å². The van der Waals surface area contributed by atoms with Gasteiger partial charge in [-0.25, -0.2) is 0 Å². The highest BCUT2D eigenvalue weighted by molar-refractivity contribution is 5.44. The number of hydrogen-bond donors (Lipinski definition) is 1. The molecule has 0 aliphatic heterocycles. The number of aliphatic hydroxyl groups is 1. The Balaban J connectivity index is 2.20. The zero-order valence-electron chi connectivity index (χ0n) is 11.0. The lowest BCUT2D eigenvalue weighted by atomic mass is 10.1. The van der Waals surface area contributed by atoms with Gasteiger partial charge in [-0.1, -0.05) is 18.2 Å². The SMILES string of the molecule is N#Cc1ccccc1COc1ccc([N+](=O)[O-])cc1CO. The summed E-state index contributed by atoms with van der Waals surface area (Å²) in [5, 5.41) is 29.0. The second-order valence-corrected chi connectivity index (χ2v) is 4.26. The number of nitro groups is 1. The fourth-order valence-electron chi connectivity index (χ4n) is 1.85. The van der Waals surface area contributed by atoms with E-state index < -0.39 is 4.92 Å². The number of hydrogen-bond acceptors (Lipinski definition) is 5. The summed E-state index contributed by atoms with van der Waals surface area (Å²) in [6, 6.07) is 13.1. The molecule has 0 saturated heterocycles. The quantitative estimate of drug-likeness (QED) is 0.672. The van der Waals surface area contributed by atoms with Crippen LogP contribution in [0.25, 0.3) is 0 Å². The van der Waals surface area contributed by atoms with Gasteiger partial charge in [0.15, 0.2) is 0 Å². The summed E-state index contributed by atoms with van der Waals surface area (Å²) >= 11 is 0. The molecular formula is C15H12N2O4. The summed E-state index contributed by atoms with van der Waals surface area (Å²) in [7, 11) is 0. The molecule has 0 aliphatic rings. The van der Waals surface area contributed by atoms with Gasteiger partial charge in [0.1, 0.15) is 12.4 Å². The third-order valence-corrected chi connectivity index (χ3v) is 2.95. The van der Waals surface area contributed by atoms with Crippen LogP contribution in [0.1, 0.15) is 16.7 Å². The van der Waals surface area contributed by atoms with E-state index in [0.29, 0.717) is 22.4 Å². The van der Waals surface area contributed by atoms with Gasteiger partial charge in [0, 0.05) is 23.3 Å². The molecule has 6 heteroatoms. The predicted octanol–water partition coefficient (Wildman–Crippen LogP) is 2.54. The van der Waals surface area contributed by atoms with Gasteiger partial charge in [-0.3, -0.25) is 10.1 Å². The third kappa shape index (κ3) is 3.35. The number of aliphatic hydroxyl groups excluding tert-OH is 1. The van der Waals surface area contributed by atoms with Crippen molar-refractivity contribution in [3.05, 3.63) is 69.3 Å². The third-order valence-electron chi connectivity index (χ3n) is 2.95. The van der Waals surface area contributed by atoms with Crippen molar-refractivity contribution >= 4 is 5.69 Å². The van der Waals surface area contributed by atoms with Crippen LogP contribution in [-0.2, 0) is 13.2 Å². The summed E-state index contributed by atoms with van der Waals surface area (Å²) in [5.41, 5.74) is 1.44. The minimum absolute atomic E-state index is 0.108. The van der Waals surface area contributed by atoms with Gasteiger partial charge in [0.2, 0.25) is 0 Å². The van der Waals surface area contributed by atoms with Crippen LogP contribution in [0.3, 0.4) is 0 Å². The molecule has 0 saturated carbocycles. The average molecular weight is 284 g/mol. The van der Waals surface area contributed by atoms with E-state index in [2.05, 4.69) is 6.07 Å². The fraction of sp³-hybridized carbons (Fsp3) is 0.133. The molecule has 1 N–H and O–H groups in total. The van der Waals surface area contributed by atoms with Gasteiger partial charge in [-0.2, -0.15) is 5.26 Å². The molecule has 0 heterocycles. The van der Waals surface area contributed by atoms with E-state index in [4.69, 9.17) is 10.00 Å². The van der Waals surface area contributed by atoms with Crippen molar-refractivity contribution in [1.29, 1.82) is 5.26 Å². The summed E-state index contributed by atoms with van der Waals surface area (Å²) in [6.45, 7) is -0.217. The van der Waals surface area contributed by atoms with Gasteiger partial charge in [0.05, 0.1) is 23.2 Å². The van der Waals surface area contributed by atoms with Crippen LogP contribution in [0.15, 0.2) is 42.5 Å². The first-order valence-corrected chi connectivity index (χ1v) is 6.14. The topological polar surface area (TPSA) is 96.4 Å². The van der Waals surface area contributed by atoms with E-state index in [1.807, 2.05) is 0 Å². The van der Waals surface area contributed by atoms with Crippen molar-refractivity contribution in [2.75, 3.05) is 0 Å². The van der Waals surface area contributed by atoms with Crippen LogP contribution in [0, 0.1) is 21.4 Å². The van der Waals surface area contributed by atoms with Crippen molar-refractivity contribution in [2.45, 2.75) is 13.2 Å². The zero-order valence-corrected chi connectivity index (χ0v) is 11.0. The number of nitro benzene ring substituents is 1. The van der Waals surface area contributed by atoms with Crippen LogP contribution in [-0.4, -0.2) is 10.0 Å². The van der Waals surface area contributed by atoms with Crippen molar-refractivity contribution in [3.8, 4) is 11.8 Å².